The first-order chi connectivity index (χ1) is 16.3. The number of benzene rings is 5. The molecule has 6 rings (SSSR count). The summed E-state index contributed by atoms with van der Waals surface area (Å²) in [6.45, 7) is 0. The quantitative estimate of drug-likeness (QED) is 0.237. The molecule has 2 heteroatoms. The molecule has 5 aromatic carbocycles. The Kier molecular flexibility index (Phi) is 5.30. The van der Waals surface area contributed by atoms with Gasteiger partial charge in [0.25, 0.3) is 0 Å². The number of thiophene rings is 1. The summed E-state index contributed by atoms with van der Waals surface area (Å²) in [5, 5.41) is 7.11. The van der Waals surface area contributed by atoms with E-state index in [1.165, 1.54) is 41.6 Å². The Balaban J connectivity index is 1.60. The summed E-state index contributed by atoms with van der Waals surface area (Å²) in [4.78, 5) is 0. The molecule has 160 valence electrons. The van der Waals surface area contributed by atoms with E-state index in [2.05, 4.69) is 133 Å². The van der Waals surface area contributed by atoms with Crippen LogP contribution in [0.25, 0.3) is 20.2 Å². The number of hydrogen-bond acceptors (Lipinski definition) is 1. The second-order valence-electron chi connectivity index (χ2n) is 8.61. The molecule has 0 atom stereocenters. The van der Waals surface area contributed by atoms with Crippen molar-refractivity contribution < 1.29 is 0 Å². The molecule has 0 spiro atoms. The van der Waals surface area contributed by atoms with E-state index in [1.807, 2.05) is 11.3 Å². The van der Waals surface area contributed by atoms with E-state index < -0.39 is 7.26 Å². The summed E-state index contributed by atoms with van der Waals surface area (Å²) in [6.07, 6.45) is 1.03. The zero-order valence-electron chi connectivity index (χ0n) is 18.3. The molecular formula is C31H25PS. The molecule has 0 unspecified atom stereocenters. The molecule has 0 aliphatic carbocycles. The van der Waals surface area contributed by atoms with Crippen molar-refractivity contribution in [2.75, 3.05) is 0 Å². The molecule has 0 saturated carbocycles. The molecule has 1 aromatic heterocycles. The summed E-state index contributed by atoms with van der Waals surface area (Å²) in [6, 6.07) is 49.5. The molecule has 0 amide bonds. The Morgan fingerprint density at radius 3 is 1.52 bits per heavy atom. The van der Waals surface area contributed by atoms with E-state index in [-0.39, 0.29) is 0 Å². The molecule has 33 heavy (non-hydrogen) atoms. The number of fused-ring (bicyclic) bond motifs is 3. The van der Waals surface area contributed by atoms with Gasteiger partial charge in [-0.3, -0.25) is 0 Å². The molecule has 0 aliphatic rings. The van der Waals surface area contributed by atoms with E-state index in [4.69, 9.17) is 0 Å². The van der Waals surface area contributed by atoms with Gasteiger partial charge in [-0.15, -0.1) is 0 Å². The normalized spacial score (nSPS) is 12.2. The van der Waals surface area contributed by atoms with Gasteiger partial charge in [0.1, 0.15) is 0 Å². The van der Waals surface area contributed by atoms with E-state index in [9.17, 15) is 0 Å². The van der Waals surface area contributed by atoms with Crippen molar-refractivity contribution in [1.29, 1.82) is 0 Å². The van der Waals surface area contributed by atoms with Crippen molar-refractivity contribution in [3.63, 3.8) is 0 Å². The van der Waals surface area contributed by atoms with Crippen LogP contribution >= 0.6 is 18.6 Å². The van der Waals surface area contributed by atoms with Crippen LogP contribution in [0.5, 0.6) is 0 Å². The van der Waals surface area contributed by atoms with Crippen LogP contribution in [-0.2, 0) is 6.16 Å². The van der Waals surface area contributed by atoms with Crippen LogP contribution in [0, 0.1) is 0 Å². The van der Waals surface area contributed by atoms with Crippen LogP contribution in [-0.4, -0.2) is 0 Å². The van der Waals surface area contributed by atoms with Gasteiger partial charge in [0.05, 0.1) is 0 Å². The van der Waals surface area contributed by atoms with Crippen molar-refractivity contribution in [1.82, 2.24) is 0 Å². The summed E-state index contributed by atoms with van der Waals surface area (Å²) in [5.74, 6) is 0. The Hall–Kier alpha value is -3.25. The minimum absolute atomic E-state index is 1.03. The van der Waals surface area contributed by atoms with Gasteiger partial charge < -0.3 is 0 Å². The third-order valence-electron chi connectivity index (χ3n) is 6.71. The average Bonchev–Trinajstić information content (AvgIpc) is 3.27. The van der Waals surface area contributed by atoms with E-state index in [0.29, 0.717) is 0 Å². The number of hydrogen-bond donors (Lipinski definition) is 0. The Morgan fingerprint density at radius 2 is 0.939 bits per heavy atom. The van der Waals surface area contributed by atoms with Crippen molar-refractivity contribution in [3.05, 3.63) is 139 Å². The van der Waals surface area contributed by atoms with E-state index in [1.54, 1.807) is 0 Å². The van der Waals surface area contributed by atoms with Gasteiger partial charge in [-0.05, 0) is 0 Å². The molecule has 0 N–H and O–H groups in total. The van der Waals surface area contributed by atoms with Crippen molar-refractivity contribution in [2.24, 2.45) is 0 Å². The van der Waals surface area contributed by atoms with Gasteiger partial charge in [-0.1, -0.05) is 0 Å². The molecule has 0 saturated heterocycles. The number of rotatable bonds is 5. The van der Waals surface area contributed by atoms with Crippen molar-refractivity contribution in [3.8, 4) is 0 Å². The SMILES string of the molecule is c1ccc([PH](Cc2ccc3sc4ccccc4c3c2)(c2ccccc2)c2ccccc2)cc1. The van der Waals surface area contributed by atoms with Crippen LogP contribution in [0.4, 0.5) is 0 Å². The van der Waals surface area contributed by atoms with Gasteiger partial charge in [0, 0.05) is 0 Å². The Morgan fingerprint density at radius 1 is 0.455 bits per heavy atom. The Labute approximate surface area is 199 Å². The van der Waals surface area contributed by atoms with Gasteiger partial charge >= 0.3 is 200 Å². The van der Waals surface area contributed by atoms with E-state index in [0.717, 1.165) is 6.16 Å². The second-order valence-corrected chi connectivity index (χ2v) is 13.6. The third-order valence-corrected chi connectivity index (χ3v) is 12.8. The average molecular weight is 461 g/mol. The second kappa shape index (κ2) is 8.60. The monoisotopic (exact) mass is 460 g/mol. The molecule has 0 radical (unpaired) electrons. The van der Waals surface area contributed by atoms with Crippen LogP contribution < -0.4 is 15.9 Å². The first-order valence-corrected chi connectivity index (χ1v) is 14.4. The first kappa shape index (κ1) is 20.4. The predicted molar refractivity (Wildman–Crippen MR) is 150 cm³/mol. The fourth-order valence-electron chi connectivity index (χ4n) is 5.16. The topological polar surface area (TPSA) is 0 Å². The fraction of sp³-hybridized carbons (Fsp3) is 0.0323. The third kappa shape index (κ3) is 3.59. The van der Waals surface area contributed by atoms with Crippen LogP contribution in [0.3, 0.4) is 0 Å². The summed E-state index contributed by atoms with van der Waals surface area (Å²) in [7, 11) is -2.30. The predicted octanol–water partition coefficient (Wildman–Crippen LogP) is 7.28. The zero-order chi connectivity index (χ0) is 22.1. The summed E-state index contributed by atoms with van der Waals surface area (Å²) < 4.78 is 2.73. The Bertz CT molecular complexity index is 1420. The fourth-order valence-corrected chi connectivity index (χ4v) is 11.0. The molecular weight excluding hydrogens is 435 g/mol. The molecule has 0 bridgehead atoms. The summed E-state index contributed by atoms with van der Waals surface area (Å²) in [5.41, 5.74) is 1.41. The van der Waals surface area contributed by atoms with Crippen LogP contribution in [0.15, 0.2) is 133 Å². The van der Waals surface area contributed by atoms with Gasteiger partial charge in [-0.25, -0.2) is 0 Å². The molecule has 0 aliphatic heterocycles. The standard InChI is InChI=1S/C31H25PS/c1-4-12-25(13-5-1)32(26-14-6-2-7-15-26,27-16-8-3-9-17-27)23-24-20-21-31-29(22-24)28-18-10-11-19-30(28)33-31/h1-22,32H,23H2. The molecule has 0 nitrogen and oxygen atoms in total. The van der Waals surface area contributed by atoms with Crippen LogP contribution in [0.1, 0.15) is 5.56 Å². The van der Waals surface area contributed by atoms with Crippen molar-refractivity contribution in [2.45, 2.75) is 6.16 Å². The molecule has 0 fully saturated rings. The minimum atomic E-state index is -2.30. The molecule has 6 aromatic rings. The summed E-state index contributed by atoms with van der Waals surface area (Å²) >= 11 is 1.89. The zero-order valence-corrected chi connectivity index (χ0v) is 20.1. The first-order valence-electron chi connectivity index (χ1n) is 11.4. The van der Waals surface area contributed by atoms with Crippen molar-refractivity contribution >= 4 is 54.7 Å². The van der Waals surface area contributed by atoms with E-state index >= 15 is 0 Å². The van der Waals surface area contributed by atoms with Crippen LogP contribution in [0.2, 0.25) is 0 Å². The van der Waals surface area contributed by atoms with Gasteiger partial charge in [0.15, 0.2) is 0 Å². The maximum absolute atomic E-state index is 2.45. The van der Waals surface area contributed by atoms with Gasteiger partial charge in [-0.2, -0.15) is 0 Å². The van der Waals surface area contributed by atoms with Gasteiger partial charge in [0.2, 0.25) is 0 Å². The maximum atomic E-state index is 2.45. The molecule has 1 heterocycles.